The van der Waals surface area contributed by atoms with Gasteiger partial charge in [0.15, 0.2) is 23.1 Å². The first-order valence-corrected chi connectivity index (χ1v) is 11.8. The predicted molar refractivity (Wildman–Crippen MR) is 112 cm³/mol. The van der Waals surface area contributed by atoms with Crippen LogP contribution in [0, 0.1) is 0 Å². The Bertz CT molecular complexity index is 1110. The van der Waals surface area contributed by atoms with Crippen LogP contribution in [0.25, 0.3) is 11.2 Å². The maximum absolute atomic E-state index is 16.1. The second-order valence-electron chi connectivity index (χ2n) is 8.25. The number of nitrogens with two attached hydrogens (primary N) is 1. The molecule has 13 nitrogen and oxygen atoms in total. The van der Waals surface area contributed by atoms with Crippen molar-refractivity contribution >= 4 is 30.8 Å². The van der Waals surface area contributed by atoms with E-state index in [2.05, 4.69) is 24.8 Å². The number of nitrogen functional groups attached to an aromatic ring is 1. The first kappa shape index (κ1) is 23.8. The van der Waals surface area contributed by atoms with E-state index in [1.54, 1.807) is 0 Å². The number of anilines is 1. The summed E-state index contributed by atoms with van der Waals surface area (Å²) in [6, 6.07) is -1.00. The third-order valence-corrected chi connectivity index (χ3v) is 6.95. The third kappa shape index (κ3) is 4.28. The summed E-state index contributed by atoms with van der Waals surface area (Å²) in [6.45, 7) is 6.07. The van der Waals surface area contributed by atoms with Crippen LogP contribution in [0.15, 0.2) is 6.33 Å². The molecule has 0 aromatic carbocycles. The van der Waals surface area contributed by atoms with Gasteiger partial charge in [0.1, 0.15) is 18.2 Å². The number of imidazole rings is 1. The van der Waals surface area contributed by atoms with Gasteiger partial charge >= 0.3 is 13.7 Å². The number of nitrogens with zero attached hydrogens (tertiary/aromatic N) is 4. The molecule has 2 aliphatic heterocycles. The van der Waals surface area contributed by atoms with Gasteiger partial charge < -0.3 is 19.9 Å². The van der Waals surface area contributed by atoms with E-state index in [1.807, 2.05) is 13.8 Å². The van der Waals surface area contributed by atoms with Gasteiger partial charge in [-0.3, -0.25) is 18.4 Å². The SMILES string of the molecule is COC(=O)C(C)NP1(=O)OC[C@H]2O[C@@H](n3cnc4c(OC(C)C)nc(N)nc43)[C@](C)(F)[C@@H]2O1. The summed E-state index contributed by atoms with van der Waals surface area (Å²) in [5, 5.41) is 2.45. The zero-order valence-electron chi connectivity index (χ0n) is 18.7. The van der Waals surface area contributed by atoms with E-state index in [-0.39, 0.29) is 35.7 Å². The van der Waals surface area contributed by atoms with Crippen molar-refractivity contribution in [2.24, 2.45) is 0 Å². The van der Waals surface area contributed by atoms with Crippen LogP contribution in [0.1, 0.15) is 33.9 Å². The number of alkyl halides is 1. The number of esters is 1. The lowest BCUT2D eigenvalue weighted by atomic mass is 9.98. The molecule has 2 unspecified atom stereocenters. The zero-order valence-corrected chi connectivity index (χ0v) is 19.6. The number of rotatable bonds is 6. The highest BCUT2D eigenvalue weighted by molar-refractivity contribution is 7.51. The largest absolute Gasteiger partial charge is 0.473 e. The van der Waals surface area contributed by atoms with Crippen molar-refractivity contribution in [3.05, 3.63) is 6.33 Å². The molecule has 0 saturated carbocycles. The van der Waals surface area contributed by atoms with E-state index in [0.29, 0.717) is 0 Å². The molecule has 0 aliphatic carbocycles. The minimum absolute atomic E-state index is 0.0824. The molecule has 6 atom stereocenters. The highest BCUT2D eigenvalue weighted by Gasteiger charge is 2.61. The van der Waals surface area contributed by atoms with E-state index in [0.717, 1.165) is 0 Å². The number of halogens is 1. The molecule has 2 aromatic heterocycles. The first-order chi connectivity index (χ1) is 15.4. The van der Waals surface area contributed by atoms with Crippen molar-refractivity contribution in [1.82, 2.24) is 24.6 Å². The molecule has 15 heteroatoms. The fourth-order valence-corrected chi connectivity index (χ4v) is 5.54. The van der Waals surface area contributed by atoms with Crippen LogP contribution >= 0.6 is 7.75 Å². The van der Waals surface area contributed by atoms with Crippen LogP contribution in [0.3, 0.4) is 0 Å². The highest BCUT2D eigenvalue weighted by Crippen LogP contribution is 2.57. The molecule has 0 radical (unpaired) electrons. The fourth-order valence-electron chi connectivity index (χ4n) is 3.78. The van der Waals surface area contributed by atoms with Crippen molar-refractivity contribution in [3.63, 3.8) is 0 Å². The average molecular weight is 488 g/mol. The van der Waals surface area contributed by atoms with Gasteiger partial charge in [-0.1, -0.05) is 0 Å². The fraction of sp³-hybridized carbons (Fsp3) is 0.667. The summed E-state index contributed by atoms with van der Waals surface area (Å²) in [5.74, 6) is -0.599. The molecule has 0 spiro atoms. The van der Waals surface area contributed by atoms with E-state index in [4.69, 9.17) is 24.3 Å². The summed E-state index contributed by atoms with van der Waals surface area (Å²) in [7, 11) is -2.84. The Kier molecular flexibility index (Phi) is 6.08. The number of carbonyl (C=O) groups excluding carboxylic acids is 1. The average Bonchev–Trinajstić information content (AvgIpc) is 3.25. The number of fused-ring (bicyclic) bond motifs is 2. The summed E-state index contributed by atoms with van der Waals surface area (Å²) in [4.78, 5) is 24.2. The van der Waals surface area contributed by atoms with Gasteiger partial charge in [-0.05, 0) is 27.7 Å². The molecule has 2 aromatic rings. The van der Waals surface area contributed by atoms with Crippen LogP contribution in [0.2, 0.25) is 0 Å². The molecular weight excluding hydrogens is 462 g/mol. The minimum atomic E-state index is -4.03. The Hall–Kier alpha value is -2.38. The lowest BCUT2D eigenvalue weighted by Gasteiger charge is -2.35. The van der Waals surface area contributed by atoms with Crippen molar-refractivity contribution in [2.45, 2.75) is 63.9 Å². The van der Waals surface area contributed by atoms with Gasteiger partial charge in [0.2, 0.25) is 11.8 Å². The van der Waals surface area contributed by atoms with Gasteiger partial charge in [-0.2, -0.15) is 9.97 Å². The lowest BCUT2D eigenvalue weighted by molar-refractivity contribution is -0.142. The number of nitrogens with one attached hydrogen (secondary N) is 1. The van der Waals surface area contributed by atoms with Crippen LogP contribution in [-0.2, 0) is 27.9 Å². The van der Waals surface area contributed by atoms with Crippen LogP contribution in [0.4, 0.5) is 10.3 Å². The predicted octanol–water partition coefficient (Wildman–Crippen LogP) is 1.50. The van der Waals surface area contributed by atoms with E-state index in [9.17, 15) is 9.36 Å². The maximum atomic E-state index is 16.1. The van der Waals surface area contributed by atoms with Crippen molar-refractivity contribution < 1.29 is 37.0 Å². The minimum Gasteiger partial charge on any atom is -0.473 e. The molecule has 33 heavy (non-hydrogen) atoms. The molecule has 0 amide bonds. The van der Waals surface area contributed by atoms with Crippen molar-refractivity contribution in [2.75, 3.05) is 19.5 Å². The second kappa shape index (κ2) is 8.44. The molecule has 3 N–H and O–H groups in total. The topological polar surface area (TPSA) is 162 Å². The number of hydrogen-bond acceptors (Lipinski definition) is 11. The quantitative estimate of drug-likeness (QED) is 0.446. The van der Waals surface area contributed by atoms with Gasteiger partial charge in [0.05, 0.1) is 26.1 Å². The van der Waals surface area contributed by atoms with E-state index in [1.165, 1.54) is 31.9 Å². The lowest BCUT2D eigenvalue weighted by Crippen LogP contribution is -2.47. The summed E-state index contributed by atoms with van der Waals surface area (Å²) in [5.41, 5.74) is 4.12. The van der Waals surface area contributed by atoms with Crippen LogP contribution < -0.4 is 15.6 Å². The van der Waals surface area contributed by atoms with Crippen molar-refractivity contribution in [1.29, 1.82) is 0 Å². The molecule has 2 aliphatic rings. The van der Waals surface area contributed by atoms with Crippen LogP contribution in [0.5, 0.6) is 5.88 Å². The maximum Gasteiger partial charge on any atom is 0.406 e. The van der Waals surface area contributed by atoms with Crippen molar-refractivity contribution in [3.8, 4) is 5.88 Å². The highest BCUT2D eigenvalue weighted by atomic mass is 31.2. The third-order valence-electron chi connectivity index (χ3n) is 5.25. The van der Waals surface area contributed by atoms with E-state index >= 15 is 4.39 Å². The summed E-state index contributed by atoms with van der Waals surface area (Å²) >= 11 is 0. The zero-order chi connectivity index (χ0) is 24.1. The molecule has 2 saturated heterocycles. The Labute approximate surface area is 188 Å². The Balaban J connectivity index is 1.64. The normalized spacial score (nSPS) is 32.6. The number of carbonyl (C=O) groups is 1. The van der Waals surface area contributed by atoms with Gasteiger partial charge in [0.25, 0.3) is 0 Å². The van der Waals surface area contributed by atoms with Crippen LogP contribution in [-0.4, -0.2) is 69.2 Å². The standard InChI is InChI=1S/C18H26FN6O7P/c1-8(2)30-14-11-13(22-17(20)23-14)25(7-21-11)16-18(4,19)12-10(31-16)6-29-33(27,32-12)24-9(3)15(26)28-5/h7-10,12,16H,6H2,1-5H3,(H,24,27)(H2,20,22,23)/t9?,10-,12-,16-,18-,33?/m1/s1. The molecule has 4 heterocycles. The number of methoxy groups -OCH3 is 1. The van der Waals surface area contributed by atoms with Gasteiger partial charge in [-0.25, -0.2) is 19.0 Å². The molecule has 0 bridgehead atoms. The first-order valence-electron chi connectivity index (χ1n) is 10.2. The number of aromatic nitrogens is 4. The summed E-state index contributed by atoms with van der Waals surface area (Å²) in [6.07, 6.45) is -2.28. The Morgan fingerprint density at radius 1 is 1.42 bits per heavy atom. The molecule has 2 fully saturated rings. The second-order valence-corrected chi connectivity index (χ2v) is 9.97. The van der Waals surface area contributed by atoms with E-state index < -0.39 is 43.9 Å². The molecule has 182 valence electrons. The number of hydrogen-bond donors (Lipinski definition) is 2. The smallest absolute Gasteiger partial charge is 0.406 e. The van der Waals surface area contributed by atoms with Gasteiger partial charge in [-0.15, -0.1) is 0 Å². The summed E-state index contributed by atoms with van der Waals surface area (Å²) < 4.78 is 57.5. The Morgan fingerprint density at radius 2 is 2.15 bits per heavy atom. The Morgan fingerprint density at radius 3 is 2.82 bits per heavy atom. The monoisotopic (exact) mass is 488 g/mol. The van der Waals surface area contributed by atoms with Gasteiger partial charge in [0, 0.05) is 0 Å². The molecular formula is C18H26FN6O7P. The molecule has 4 rings (SSSR count). The number of ether oxygens (including phenoxy) is 3.